The second kappa shape index (κ2) is 8.42. The van der Waals surface area contributed by atoms with Crippen LogP contribution in [0.4, 0.5) is 5.69 Å². The smallest absolute Gasteiger partial charge is 0.335 e. The first-order chi connectivity index (χ1) is 14.6. The molecular weight excluding hydrogens is 398 g/mol. The Bertz CT molecular complexity index is 1150. The van der Waals surface area contributed by atoms with Gasteiger partial charge in [0.1, 0.15) is 0 Å². The average Bonchev–Trinajstić information content (AvgIpc) is 3.33. The van der Waals surface area contributed by atoms with Crippen LogP contribution in [-0.4, -0.2) is 38.2 Å². The standard InChI is InChI=1S/C23H19N3O3S/c1-2-25-21(27)20(30-23(25)24-17-7-4-3-5-8-17)15-19-9-6-14-26(19)18-12-10-16(11-13-18)22(28)29/h3-15H,2H2,1H3,(H,28,29)/b20-15-,24-23?. The van der Waals surface area contributed by atoms with Gasteiger partial charge < -0.3 is 9.67 Å². The molecule has 0 bridgehead atoms. The third-order valence-corrected chi connectivity index (χ3v) is 5.64. The number of carboxylic acids is 1. The van der Waals surface area contributed by atoms with E-state index >= 15 is 0 Å². The van der Waals surface area contributed by atoms with Gasteiger partial charge in [-0.1, -0.05) is 18.2 Å². The van der Waals surface area contributed by atoms with Crippen molar-refractivity contribution in [1.29, 1.82) is 0 Å². The van der Waals surface area contributed by atoms with Crippen molar-refractivity contribution in [3.8, 4) is 5.69 Å². The molecule has 1 fully saturated rings. The van der Waals surface area contributed by atoms with Gasteiger partial charge in [0.25, 0.3) is 5.91 Å². The lowest BCUT2D eigenvalue weighted by molar-refractivity contribution is -0.122. The summed E-state index contributed by atoms with van der Waals surface area (Å²) in [7, 11) is 0. The van der Waals surface area contributed by atoms with Gasteiger partial charge in [0.05, 0.1) is 16.2 Å². The number of rotatable bonds is 5. The first kappa shape index (κ1) is 19.7. The Morgan fingerprint density at radius 2 is 1.80 bits per heavy atom. The van der Waals surface area contributed by atoms with Crippen molar-refractivity contribution in [3.63, 3.8) is 0 Å². The van der Waals surface area contributed by atoms with Gasteiger partial charge >= 0.3 is 5.97 Å². The molecule has 3 aromatic rings. The van der Waals surface area contributed by atoms with E-state index in [0.717, 1.165) is 17.1 Å². The van der Waals surface area contributed by atoms with Crippen LogP contribution in [0.2, 0.25) is 0 Å². The molecule has 1 amide bonds. The Morgan fingerprint density at radius 1 is 1.07 bits per heavy atom. The van der Waals surface area contributed by atoms with E-state index in [-0.39, 0.29) is 11.5 Å². The predicted octanol–water partition coefficient (Wildman–Crippen LogP) is 4.80. The molecular formula is C23H19N3O3S. The SMILES string of the molecule is CCN1C(=O)/C(=C/c2cccn2-c2ccc(C(=O)O)cc2)SC1=Nc1ccccc1. The minimum Gasteiger partial charge on any atom is -0.478 e. The average molecular weight is 417 g/mol. The lowest BCUT2D eigenvalue weighted by Crippen LogP contribution is -2.28. The van der Waals surface area contributed by atoms with E-state index in [9.17, 15) is 9.59 Å². The lowest BCUT2D eigenvalue weighted by atomic mass is 10.2. The number of hydrogen-bond acceptors (Lipinski definition) is 4. The molecule has 2 aromatic carbocycles. The normalized spacial score (nSPS) is 16.6. The molecule has 1 N–H and O–H groups in total. The second-order valence-electron chi connectivity index (χ2n) is 6.55. The number of aromatic nitrogens is 1. The zero-order chi connectivity index (χ0) is 21.1. The number of nitrogens with zero attached hydrogens (tertiary/aromatic N) is 3. The van der Waals surface area contributed by atoms with Crippen molar-refractivity contribution in [2.45, 2.75) is 6.92 Å². The Hall–Kier alpha value is -3.58. The number of hydrogen-bond donors (Lipinski definition) is 1. The summed E-state index contributed by atoms with van der Waals surface area (Å²) in [5.41, 5.74) is 2.67. The molecule has 0 saturated carbocycles. The number of carbonyl (C=O) groups excluding carboxylic acids is 1. The number of amides is 1. The number of likely N-dealkylation sites (N-methyl/N-ethyl adjacent to an activating group) is 1. The maximum atomic E-state index is 12.9. The quantitative estimate of drug-likeness (QED) is 0.605. The van der Waals surface area contributed by atoms with E-state index in [2.05, 4.69) is 4.99 Å². The Balaban J connectivity index is 1.66. The number of aromatic carboxylic acids is 1. The van der Waals surface area contributed by atoms with Crippen LogP contribution in [0.15, 0.2) is 82.8 Å². The third kappa shape index (κ3) is 3.92. The van der Waals surface area contributed by atoms with E-state index in [4.69, 9.17) is 5.11 Å². The van der Waals surface area contributed by atoms with Crippen LogP contribution in [0.25, 0.3) is 11.8 Å². The van der Waals surface area contributed by atoms with Crippen LogP contribution in [-0.2, 0) is 4.79 Å². The largest absolute Gasteiger partial charge is 0.478 e. The van der Waals surface area contributed by atoms with E-state index in [1.54, 1.807) is 29.2 Å². The van der Waals surface area contributed by atoms with Crippen LogP contribution < -0.4 is 0 Å². The molecule has 0 atom stereocenters. The Labute approximate surface area is 178 Å². The summed E-state index contributed by atoms with van der Waals surface area (Å²) in [6.45, 7) is 2.46. The Kier molecular flexibility index (Phi) is 5.54. The van der Waals surface area contributed by atoms with Crippen molar-refractivity contribution in [2.24, 2.45) is 4.99 Å². The van der Waals surface area contributed by atoms with E-state index in [1.807, 2.05) is 66.2 Å². The molecule has 0 unspecified atom stereocenters. The number of aliphatic imine (C=N–C) groups is 1. The minimum atomic E-state index is -0.964. The Morgan fingerprint density at radius 3 is 2.47 bits per heavy atom. The van der Waals surface area contributed by atoms with Gasteiger partial charge in [-0.25, -0.2) is 9.79 Å². The number of para-hydroxylation sites is 1. The molecule has 7 heteroatoms. The predicted molar refractivity (Wildman–Crippen MR) is 119 cm³/mol. The van der Waals surface area contributed by atoms with E-state index in [1.165, 1.54) is 11.8 Å². The molecule has 1 aliphatic rings. The lowest BCUT2D eigenvalue weighted by Gasteiger charge is -2.12. The second-order valence-corrected chi connectivity index (χ2v) is 7.55. The van der Waals surface area contributed by atoms with Crippen LogP contribution in [0.5, 0.6) is 0 Å². The van der Waals surface area contributed by atoms with Gasteiger partial charge in [-0.15, -0.1) is 0 Å². The number of benzene rings is 2. The summed E-state index contributed by atoms with van der Waals surface area (Å²) in [4.78, 5) is 30.9. The molecule has 0 aliphatic carbocycles. The van der Waals surface area contributed by atoms with Gasteiger partial charge in [-0.3, -0.25) is 9.69 Å². The van der Waals surface area contributed by atoms with Crippen LogP contribution >= 0.6 is 11.8 Å². The molecule has 6 nitrogen and oxygen atoms in total. The minimum absolute atomic E-state index is 0.0776. The van der Waals surface area contributed by atoms with Gasteiger partial charge in [0.15, 0.2) is 5.17 Å². The topological polar surface area (TPSA) is 74.9 Å². The highest BCUT2D eigenvalue weighted by Gasteiger charge is 2.32. The molecule has 0 spiro atoms. The molecule has 4 rings (SSSR count). The summed E-state index contributed by atoms with van der Waals surface area (Å²) >= 11 is 1.35. The van der Waals surface area contributed by atoms with Crippen molar-refractivity contribution >= 4 is 40.6 Å². The summed E-state index contributed by atoms with van der Waals surface area (Å²) in [6.07, 6.45) is 3.72. The highest BCUT2D eigenvalue weighted by Crippen LogP contribution is 2.34. The fraction of sp³-hybridized carbons (Fsp3) is 0.0870. The third-order valence-electron chi connectivity index (χ3n) is 4.64. The molecule has 0 radical (unpaired) electrons. The number of carboxylic acid groups (broad SMARTS) is 1. The fourth-order valence-electron chi connectivity index (χ4n) is 3.13. The van der Waals surface area contributed by atoms with Crippen LogP contribution in [0, 0.1) is 0 Å². The number of carbonyl (C=O) groups is 2. The number of amidine groups is 1. The van der Waals surface area contributed by atoms with Gasteiger partial charge in [0.2, 0.25) is 0 Å². The molecule has 150 valence electrons. The zero-order valence-corrected chi connectivity index (χ0v) is 17.0. The van der Waals surface area contributed by atoms with Crippen molar-refractivity contribution in [1.82, 2.24) is 9.47 Å². The molecule has 2 heterocycles. The first-order valence-electron chi connectivity index (χ1n) is 9.43. The molecule has 30 heavy (non-hydrogen) atoms. The van der Waals surface area contributed by atoms with Crippen molar-refractivity contribution in [2.75, 3.05) is 6.54 Å². The first-order valence-corrected chi connectivity index (χ1v) is 10.2. The van der Waals surface area contributed by atoms with Crippen molar-refractivity contribution in [3.05, 3.63) is 89.1 Å². The molecule has 1 saturated heterocycles. The fourth-order valence-corrected chi connectivity index (χ4v) is 4.18. The van der Waals surface area contributed by atoms with Crippen molar-refractivity contribution < 1.29 is 14.7 Å². The maximum Gasteiger partial charge on any atom is 0.335 e. The van der Waals surface area contributed by atoms with Gasteiger partial charge in [0, 0.05) is 24.1 Å². The summed E-state index contributed by atoms with van der Waals surface area (Å²) in [5.74, 6) is -1.04. The molecule has 1 aromatic heterocycles. The van der Waals surface area contributed by atoms with E-state index in [0.29, 0.717) is 16.6 Å². The van der Waals surface area contributed by atoms with Gasteiger partial charge in [-0.2, -0.15) is 0 Å². The summed E-state index contributed by atoms with van der Waals surface area (Å²) in [6, 6.07) is 20.0. The summed E-state index contributed by atoms with van der Waals surface area (Å²) in [5, 5.41) is 9.74. The molecule has 1 aliphatic heterocycles. The van der Waals surface area contributed by atoms with E-state index < -0.39 is 5.97 Å². The monoisotopic (exact) mass is 417 g/mol. The van der Waals surface area contributed by atoms with Crippen LogP contribution in [0.3, 0.4) is 0 Å². The summed E-state index contributed by atoms with van der Waals surface area (Å²) < 4.78 is 1.91. The number of thioether (sulfide) groups is 1. The van der Waals surface area contributed by atoms with Gasteiger partial charge in [-0.05, 0) is 73.3 Å². The zero-order valence-electron chi connectivity index (χ0n) is 16.2. The highest BCUT2D eigenvalue weighted by atomic mass is 32.2. The van der Waals surface area contributed by atoms with Crippen LogP contribution in [0.1, 0.15) is 23.0 Å². The highest BCUT2D eigenvalue weighted by molar-refractivity contribution is 8.18. The maximum absolute atomic E-state index is 12.9.